The molecule has 0 fully saturated rings. The van der Waals surface area contributed by atoms with Crippen LogP contribution in [0.4, 0.5) is 4.39 Å². The third-order valence-electron chi connectivity index (χ3n) is 5.39. The molecule has 0 aliphatic heterocycles. The summed E-state index contributed by atoms with van der Waals surface area (Å²) in [5.74, 6) is 0.831. The van der Waals surface area contributed by atoms with Crippen LogP contribution in [0.3, 0.4) is 0 Å². The Kier molecular flexibility index (Phi) is 8.67. The summed E-state index contributed by atoms with van der Waals surface area (Å²) >= 11 is 13.6. The summed E-state index contributed by atoms with van der Waals surface area (Å²) < 4.78 is 27.9. The van der Waals surface area contributed by atoms with Gasteiger partial charge >= 0.3 is 0 Å². The number of hydrogen-bond acceptors (Lipinski definition) is 5. The number of benzene rings is 3. The van der Waals surface area contributed by atoms with Gasteiger partial charge in [0.25, 0.3) is 5.56 Å². The Morgan fingerprint density at radius 3 is 2.65 bits per heavy atom. The number of rotatable bonds is 8. The number of fused-ring (bicyclic) bond motifs is 1. The highest BCUT2D eigenvalue weighted by molar-refractivity contribution is 9.10. The molecule has 0 radical (unpaired) electrons. The maximum Gasteiger partial charge on any atom is 0.282 e. The van der Waals surface area contributed by atoms with Crippen LogP contribution in [-0.4, -0.2) is 22.5 Å². The molecule has 10 heteroatoms. The molecular weight excluding hydrogens is 629 g/mol. The van der Waals surface area contributed by atoms with Crippen LogP contribution in [0.1, 0.15) is 43.6 Å². The molecule has 6 nitrogen and oxygen atoms in total. The summed E-state index contributed by atoms with van der Waals surface area (Å²) in [5, 5.41) is 5.20. The van der Waals surface area contributed by atoms with E-state index in [1.165, 1.54) is 23.0 Å². The van der Waals surface area contributed by atoms with E-state index in [-0.39, 0.29) is 28.9 Å². The maximum atomic E-state index is 13.6. The van der Waals surface area contributed by atoms with E-state index < -0.39 is 0 Å². The van der Waals surface area contributed by atoms with Gasteiger partial charge in [-0.25, -0.2) is 9.37 Å². The van der Waals surface area contributed by atoms with E-state index in [1.54, 1.807) is 30.3 Å². The van der Waals surface area contributed by atoms with Gasteiger partial charge in [0, 0.05) is 20.4 Å². The zero-order chi connectivity index (χ0) is 26.7. The molecule has 0 bridgehead atoms. The Morgan fingerprint density at radius 2 is 1.95 bits per heavy atom. The fourth-order valence-electron chi connectivity index (χ4n) is 3.65. The minimum Gasteiger partial charge on any atom is -0.490 e. The number of ether oxygens (including phenoxy) is 2. The second-order valence-corrected chi connectivity index (χ2v) is 10.5. The average molecular weight is 652 g/mol. The van der Waals surface area contributed by atoms with E-state index in [0.717, 1.165) is 4.47 Å². The molecule has 0 aliphatic rings. The van der Waals surface area contributed by atoms with Gasteiger partial charge in [-0.1, -0.05) is 53.5 Å². The molecule has 0 spiro atoms. The highest BCUT2D eigenvalue weighted by atomic mass is 79.9. The highest BCUT2D eigenvalue weighted by Crippen LogP contribution is 2.42. The molecule has 192 valence electrons. The molecule has 0 aliphatic carbocycles. The lowest BCUT2D eigenvalue weighted by Gasteiger charge is -2.16. The molecular formula is C27H23Br2ClFN3O3. The van der Waals surface area contributed by atoms with Crippen molar-refractivity contribution in [1.29, 1.82) is 0 Å². The summed E-state index contributed by atoms with van der Waals surface area (Å²) in [5.41, 5.74) is 1.54. The summed E-state index contributed by atoms with van der Waals surface area (Å²) in [6.07, 6.45) is 1.52. The number of hydrogen-bond donors (Lipinski definition) is 0. The van der Waals surface area contributed by atoms with Gasteiger partial charge in [-0.15, -0.1) is 0 Å². The van der Waals surface area contributed by atoms with Crippen molar-refractivity contribution in [2.24, 2.45) is 5.10 Å². The molecule has 0 amide bonds. The van der Waals surface area contributed by atoms with E-state index in [1.807, 2.05) is 26.8 Å². The van der Waals surface area contributed by atoms with E-state index in [0.29, 0.717) is 50.4 Å². The largest absolute Gasteiger partial charge is 0.490 e. The van der Waals surface area contributed by atoms with Crippen LogP contribution in [0.15, 0.2) is 67.4 Å². The van der Waals surface area contributed by atoms with Crippen molar-refractivity contribution in [3.05, 3.63) is 95.6 Å². The Hall–Kier alpha value is -2.75. The fraction of sp³-hybridized carbons (Fsp3) is 0.222. The van der Waals surface area contributed by atoms with Crippen molar-refractivity contribution in [3.63, 3.8) is 0 Å². The van der Waals surface area contributed by atoms with E-state index in [9.17, 15) is 9.18 Å². The summed E-state index contributed by atoms with van der Waals surface area (Å²) in [7, 11) is 0. The maximum absolute atomic E-state index is 13.6. The molecule has 4 rings (SSSR count). The van der Waals surface area contributed by atoms with E-state index in [4.69, 9.17) is 21.1 Å². The summed E-state index contributed by atoms with van der Waals surface area (Å²) in [4.78, 5) is 18.0. The zero-order valence-electron chi connectivity index (χ0n) is 20.3. The van der Waals surface area contributed by atoms with Gasteiger partial charge in [0.05, 0.1) is 23.7 Å². The third kappa shape index (κ3) is 6.05. The predicted octanol–water partition coefficient (Wildman–Crippen LogP) is 7.70. The third-order valence-corrected chi connectivity index (χ3v) is 7.33. The highest BCUT2D eigenvalue weighted by Gasteiger charge is 2.19. The van der Waals surface area contributed by atoms with Crippen molar-refractivity contribution in [1.82, 2.24) is 9.66 Å². The molecule has 0 saturated heterocycles. The first-order valence-electron chi connectivity index (χ1n) is 11.5. The number of nitrogens with zero attached hydrogens (tertiary/aromatic N) is 3. The smallest absolute Gasteiger partial charge is 0.282 e. The van der Waals surface area contributed by atoms with Crippen LogP contribution in [0.2, 0.25) is 5.02 Å². The molecule has 0 N–H and O–H groups in total. The molecule has 3 aromatic carbocycles. The number of aromatic nitrogens is 2. The van der Waals surface area contributed by atoms with E-state index >= 15 is 0 Å². The summed E-state index contributed by atoms with van der Waals surface area (Å²) in [6, 6.07) is 13.2. The zero-order valence-corrected chi connectivity index (χ0v) is 24.2. The SMILES string of the molecule is CCOc1cc(C=Nn2c(C(C)C)nc3ccc(Br)cc3c2=O)c(Br)c(Cl)c1OCc1cccc(F)c1. The second kappa shape index (κ2) is 11.8. The van der Waals surface area contributed by atoms with Crippen molar-refractivity contribution >= 4 is 60.6 Å². The first-order chi connectivity index (χ1) is 17.7. The molecule has 1 heterocycles. The molecule has 37 heavy (non-hydrogen) atoms. The van der Waals surface area contributed by atoms with Crippen molar-refractivity contribution in [2.75, 3.05) is 6.61 Å². The quantitative estimate of drug-likeness (QED) is 0.183. The Balaban J connectivity index is 1.75. The molecule has 1 aromatic heterocycles. The average Bonchev–Trinajstić information content (AvgIpc) is 2.86. The van der Waals surface area contributed by atoms with Gasteiger partial charge in [0.1, 0.15) is 23.3 Å². The van der Waals surface area contributed by atoms with Crippen LogP contribution in [0.25, 0.3) is 10.9 Å². The first kappa shape index (κ1) is 27.3. The van der Waals surface area contributed by atoms with Crippen molar-refractivity contribution in [2.45, 2.75) is 33.3 Å². The number of halogens is 4. The van der Waals surface area contributed by atoms with Crippen LogP contribution in [0.5, 0.6) is 11.5 Å². The van der Waals surface area contributed by atoms with Gasteiger partial charge in [0.15, 0.2) is 11.5 Å². The van der Waals surface area contributed by atoms with Crippen LogP contribution < -0.4 is 15.0 Å². The van der Waals surface area contributed by atoms with Gasteiger partial charge in [-0.3, -0.25) is 4.79 Å². The minimum absolute atomic E-state index is 0.0532. The summed E-state index contributed by atoms with van der Waals surface area (Å²) in [6.45, 7) is 6.20. The lowest BCUT2D eigenvalue weighted by atomic mass is 10.2. The second-order valence-electron chi connectivity index (χ2n) is 8.42. The van der Waals surface area contributed by atoms with Gasteiger partial charge < -0.3 is 9.47 Å². The monoisotopic (exact) mass is 649 g/mol. The normalized spacial score (nSPS) is 11.6. The van der Waals surface area contributed by atoms with Gasteiger partial charge in [-0.2, -0.15) is 9.78 Å². The van der Waals surface area contributed by atoms with Crippen LogP contribution >= 0.6 is 43.5 Å². The lowest BCUT2D eigenvalue weighted by molar-refractivity contribution is 0.269. The fourth-order valence-corrected chi connectivity index (χ4v) is 4.66. The van der Waals surface area contributed by atoms with Gasteiger partial charge in [0.2, 0.25) is 0 Å². The van der Waals surface area contributed by atoms with Crippen molar-refractivity contribution < 1.29 is 13.9 Å². The predicted molar refractivity (Wildman–Crippen MR) is 152 cm³/mol. The van der Waals surface area contributed by atoms with Crippen LogP contribution in [-0.2, 0) is 6.61 Å². The topological polar surface area (TPSA) is 65.7 Å². The minimum atomic E-state index is -0.350. The Labute approximate surface area is 235 Å². The lowest BCUT2D eigenvalue weighted by Crippen LogP contribution is -2.23. The van der Waals surface area contributed by atoms with Gasteiger partial charge in [-0.05, 0) is 64.8 Å². The molecule has 0 saturated carbocycles. The molecule has 4 aromatic rings. The van der Waals surface area contributed by atoms with E-state index in [2.05, 4.69) is 41.9 Å². The molecule has 0 atom stereocenters. The van der Waals surface area contributed by atoms with Crippen LogP contribution in [0, 0.1) is 5.82 Å². The Bertz CT molecular complexity index is 1560. The first-order valence-corrected chi connectivity index (χ1v) is 13.4. The Morgan fingerprint density at radius 1 is 1.16 bits per heavy atom. The standard InChI is InChI=1S/C27H23Br2ClFN3O3/c1-4-36-22-11-17(23(29)24(30)25(22)37-14-16-6-5-7-19(31)10-16)13-32-34-26(15(2)3)33-21-9-8-18(28)12-20(21)27(34)35/h5-13,15H,4,14H2,1-3H3. The molecule has 0 unspecified atom stereocenters. The van der Waals surface area contributed by atoms with Crippen molar-refractivity contribution in [3.8, 4) is 11.5 Å².